The predicted octanol–water partition coefficient (Wildman–Crippen LogP) is 4.35. The summed E-state index contributed by atoms with van der Waals surface area (Å²) in [6.07, 6.45) is 3.53. The molecule has 2 amide bonds. The van der Waals surface area contributed by atoms with E-state index in [1.54, 1.807) is 37.5 Å². The average Bonchev–Trinajstić information content (AvgIpc) is 3.60. The fourth-order valence-corrected chi connectivity index (χ4v) is 3.42. The first-order chi connectivity index (χ1) is 14.5. The third kappa shape index (κ3) is 4.02. The summed E-state index contributed by atoms with van der Waals surface area (Å²) in [4.78, 5) is 28.5. The summed E-state index contributed by atoms with van der Waals surface area (Å²) in [7, 11) is 3.09. The second-order valence-corrected chi connectivity index (χ2v) is 7.50. The molecule has 0 aliphatic heterocycles. The third-order valence-corrected chi connectivity index (χ3v) is 5.30. The van der Waals surface area contributed by atoms with E-state index in [2.05, 4.69) is 20.9 Å². The lowest BCUT2D eigenvalue weighted by Gasteiger charge is -2.14. The molecule has 2 aromatic carbocycles. The summed E-state index contributed by atoms with van der Waals surface area (Å²) >= 11 is 6.37. The Hall–Kier alpha value is -3.32. The molecule has 0 radical (unpaired) electrons. The van der Waals surface area contributed by atoms with Crippen molar-refractivity contribution in [3.05, 3.63) is 53.2 Å². The van der Waals surface area contributed by atoms with Crippen molar-refractivity contribution in [1.29, 1.82) is 0 Å². The number of benzene rings is 2. The molecule has 1 fully saturated rings. The molecule has 0 atom stereocenters. The molecule has 1 heterocycles. The predicted molar refractivity (Wildman–Crippen MR) is 118 cm³/mol. The van der Waals surface area contributed by atoms with Crippen molar-refractivity contribution in [2.45, 2.75) is 12.8 Å². The Balaban J connectivity index is 1.64. The van der Waals surface area contributed by atoms with Crippen molar-refractivity contribution in [3.8, 4) is 5.75 Å². The van der Waals surface area contributed by atoms with E-state index in [1.165, 1.54) is 7.11 Å². The van der Waals surface area contributed by atoms with Gasteiger partial charge < -0.3 is 20.7 Å². The van der Waals surface area contributed by atoms with Gasteiger partial charge in [0.15, 0.2) is 0 Å². The quantitative estimate of drug-likeness (QED) is 0.547. The molecular formula is C22H21ClN4O3. The van der Waals surface area contributed by atoms with Crippen molar-refractivity contribution in [2.75, 3.05) is 24.8 Å². The Kier molecular flexibility index (Phi) is 5.46. The number of aromatic nitrogens is 1. The van der Waals surface area contributed by atoms with Gasteiger partial charge in [0, 0.05) is 35.9 Å². The summed E-state index contributed by atoms with van der Waals surface area (Å²) in [6.45, 7) is 0. The Morgan fingerprint density at radius 3 is 2.60 bits per heavy atom. The fraction of sp³-hybridized carbons (Fsp3) is 0.227. The Bertz CT molecular complexity index is 1140. The molecule has 154 valence electrons. The number of anilines is 3. The van der Waals surface area contributed by atoms with E-state index in [1.807, 2.05) is 12.1 Å². The molecule has 3 aromatic rings. The number of nitrogens with one attached hydrogen (secondary N) is 3. The van der Waals surface area contributed by atoms with E-state index in [4.69, 9.17) is 16.3 Å². The number of carbonyl (C=O) groups is 2. The lowest BCUT2D eigenvalue weighted by molar-refractivity contribution is -0.117. The van der Waals surface area contributed by atoms with Crippen LogP contribution in [-0.4, -0.2) is 31.0 Å². The van der Waals surface area contributed by atoms with Crippen molar-refractivity contribution in [1.82, 2.24) is 10.3 Å². The molecule has 3 N–H and O–H groups in total. The zero-order chi connectivity index (χ0) is 21.3. The zero-order valence-electron chi connectivity index (χ0n) is 16.6. The van der Waals surface area contributed by atoms with Gasteiger partial charge in [-0.1, -0.05) is 11.6 Å². The number of pyridine rings is 1. The molecule has 30 heavy (non-hydrogen) atoms. The van der Waals surface area contributed by atoms with Crippen LogP contribution < -0.4 is 20.7 Å². The minimum atomic E-state index is -0.246. The summed E-state index contributed by atoms with van der Waals surface area (Å²) in [5, 5.41) is 10.0. The van der Waals surface area contributed by atoms with Gasteiger partial charge in [-0.2, -0.15) is 0 Å². The van der Waals surface area contributed by atoms with Crippen molar-refractivity contribution in [2.24, 2.45) is 5.92 Å². The first kappa shape index (κ1) is 20.0. The summed E-state index contributed by atoms with van der Waals surface area (Å²) in [6, 6.07) is 10.7. The molecular weight excluding hydrogens is 404 g/mol. The number of hydrogen-bond donors (Lipinski definition) is 3. The monoisotopic (exact) mass is 424 g/mol. The van der Waals surface area contributed by atoms with Gasteiger partial charge in [-0.3, -0.25) is 14.6 Å². The smallest absolute Gasteiger partial charge is 0.254 e. The van der Waals surface area contributed by atoms with E-state index >= 15 is 0 Å². The van der Waals surface area contributed by atoms with E-state index < -0.39 is 0 Å². The number of hydrogen-bond acceptors (Lipinski definition) is 5. The number of carbonyl (C=O) groups excluding carboxylic acids is 2. The van der Waals surface area contributed by atoms with E-state index in [0.717, 1.165) is 29.6 Å². The minimum absolute atomic E-state index is 0.0109. The summed E-state index contributed by atoms with van der Waals surface area (Å²) in [5.74, 6) is 0.326. The van der Waals surface area contributed by atoms with Crippen LogP contribution in [0.15, 0.2) is 42.6 Å². The lowest BCUT2D eigenvalue weighted by Crippen LogP contribution is -2.18. The van der Waals surface area contributed by atoms with Gasteiger partial charge in [0.25, 0.3) is 5.91 Å². The number of nitrogens with zero attached hydrogens (tertiary/aromatic N) is 1. The molecule has 0 saturated heterocycles. The first-order valence-electron chi connectivity index (χ1n) is 9.56. The molecule has 1 saturated carbocycles. The van der Waals surface area contributed by atoms with E-state index in [0.29, 0.717) is 27.5 Å². The van der Waals surface area contributed by atoms with Crippen LogP contribution in [0.2, 0.25) is 5.02 Å². The number of halogens is 1. The van der Waals surface area contributed by atoms with Gasteiger partial charge in [-0.05, 0) is 49.2 Å². The van der Waals surface area contributed by atoms with Crippen LogP contribution in [0.1, 0.15) is 23.2 Å². The number of methoxy groups -OCH3 is 1. The highest BCUT2D eigenvalue weighted by Gasteiger charge is 2.29. The Labute approximate surface area is 178 Å². The molecule has 7 nitrogen and oxygen atoms in total. The molecule has 1 aromatic heterocycles. The second-order valence-electron chi connectivity index (χ2n) is 7.09. The Morgan fingerprint density at radius 2 is 1.93 bits per heavy atom. The van der Waals surface area contributed by atoms with Gasteiger partial charge in [0.1, 0.15) is 5.75 Å². The van der Waals surface area contributed by atoms with Crippen molar-refractivity contribution < 1.29 is 14.3 Å². The highest BCUT2D eigenvalue weighted by molar-refractivity contribution is 6.34. The van der Waals surface area contributed by atoms with Gasteiger partial charge in [-0.15, -0.1) is 0 Å². The van der Waals surface area contributed by atoms with Crippen LogP contribution >= 0.6 is 11.6 Å². The molecule has 0 spiro atoms. The van der Waals surface area contributed by atoms with Gasteiger partial charge in [0.2, 0.25) is 5.91 Å². The summed E-state index contributed by atoms with van der Waals surface area (Å²) < 4.78 is 5.40. The number of fused-ring (bicyclic) bond motifs is 1. The van der Waals surface area contributed by atoms with Gasteiger partial charge >= 0.3 is 0 Å². The highest BCUT2D eigenvalue weighted by atomic mass is 35.5. The fourth-order valence-electron chi connectivity index (χ4n) is 3.19. The number of rotatable bonds is 6. The molecule has 4 rings (SSSR count). The average molecular weight is 425 g/mol. The van der Waals surface area contributed by atoms with Crippen LogP contribution in [0.25, 0.3) is 10.9 Å². The normalized spacial score (nSPS) is 13.0. The maximum absolute atomic E-state index is 12.1. The van der Waals surface area contributed by atoms with Crippen LogP contribution in [0.3, 0.4) is 0 Å². The number of amides is 2. The van der Waals surface area contributed by atoms with Crippen LogP contribution in [-0.2, 0) is 4.79 Å². The third-order valence-electron chi connectivity index (χ3n) is 4.99. The largest absolute Gasteiger partial charge is 0.496 e. The maximum Gasteiger partial charge on any atom is 0.254 e. The highest BCUT2D eigenvalue weighted by Crippen LogP contribution is 2.34. The number of ether oxygens (including phenoxy) is 1. The topological polar surface area (TPSA) is 92.4 Å². The van der Waals surface area contributed by atoms with Gasteiger partial charge in [-0.25, -0.2) is 0 Å². The summed E-state index contributed by atoms with van der Waals surface area (Å²) in [5.41, 5.74) is 3.20. The molecule has 1 aliphatic rings. The zero-order valence-corrected chi connectivity index (χ0v) is 17.3. The molecule has 8 heteroatoms. The van der Waals surface area contributed by atoms with Crippen molar-refractivity contribution in [3.63, 3.8) is 0 Å². The molecule has 0 unspecified atom stereocenters. The second kappa shape index (κ2) is 8.20. The van der Waals surface area contributed by atoms with Crippen LogP contribution in [0, 0.1) is 5.92 Å². The molecule has 0 bridgehead atoms. The Morgan fingerprint density at radius 1 is 1.13 bits per heavy atom. The van der Waals surface area contributed by atoms with Crippen LogP contribution in [0.5, 0.6) is 5.75 Å². The minimum Gasteiger partial charge on any atom is -0.496 e. The van der Waals surface area contributed by atoms with Gasteiger partial charge in [0.05, 0.1) is 28.9 Å². The first-order valence-corrected chi connectivity index (χ1v) is 9.94. The van der Waals surface area contributed by atoms with E-state index in [9.17, 15) is 9.59 Å². The molecule has 1 aliphatic carbocycles. The maximum atomic E-state index is 12.1. The SMILES string of the molecule is CNC(=O)c1cc2nccc(Nc3ccc(NC(=O)C4CC4)c(Cl)c3)c2cc1OC. The standard InChI is InChI=1S/C22H21ClN4O3/c1-24-22(29)15-10-19-14(11-20(15)30-2)17(7-8-25-19)26-13-5-6-18(16(23)9-13)27-21(28)12-3-4-12/h5-12H,3-4H2,1-2H3,(H,24,29)(H,25,26)(H,27,28). The lowest BCUT2D eigenvalue weighted by atomic mass is 10.1. The van der Waals surface area contributed by atoms with Crippen molar-refractivity contribution >= 4 is 51.4 Å². The van der Waals surface area contributed by atoms with Crippen LogP contribution in [0.4, 0.5) is 17.1 Å². The van der Waals surface area contributed by atoms with E-state index in [-0.39, 0.29) is 17.7 Å².